The van der Waals surface area contributed by atoms with Crippen molar-refractivity contribution in [3.8, 4) is 0 Å². The maximum atomic E-state index is 12.8. The van der Waals surface area contributed by atoms with Gasteiger partial charge in [-0.15, -0.1) is 0 Å². The Balaban J connectivity index is 1.84. The number of likely N-dealkylation sites (tertiary alicyclic amines) is 1. The molecule has 1 N–H and O–H groups in total. The average molecular weight is 258 g/mol. The molecular weight excluding hydrogens is 236 g/mol. The maximum Gasteiger partial charge on any atom is 0.256 e. The summed E-state index contributed by atoms with van der Waals surface area (Å²) in [5, 5.41) is 3.12. The monoisotopic (exact) mass is 258 g/mol. The summed E-state index contributed by atoms with van der Waals surface area (Å²) in [6.07, 6.45) is 6.31. The van der Waals surface area contributed by atoms with Crippen LogP contribution in [-0.4, -0.2) is 30.4 Å². The fourth-order valence-corrected chi connectivity index (χ4v) is 3.70. The number of para-hydroxylation sites is 1. The molecule has 19 heavy (non-hydrogen) atoms. The first-order valence-electron chi connectivity index (χ1n) is 7.39. The van der Waals surface area contributed by atoms with E-state index in [0.29, 0.717) is 6.04 Å². The predicted molar refractivity (Wildman–Crippen MR) is 77.4 cm³/mol. The van der Waals surface area contributed by atoms with Crippen LogP contribution in [0.5, 0.6) is 0 Å². The van der Waals surface area contributed by atoms with Crippen molar-refractivity contribution in [2.45, 2.75) is 38.1 Å². The van der Waals surface area contributed by atoms with E-state index in [9.17, 15) is 4.79 Å². The largest absolute Gasteiger partial charge is 0.387 e. The van der Waals surface area contributed by atoms with Gasteiger partial charge in [0.25, 0.3) is 5.91 Å². The molecule has 2 unspecified atom stereocenters. The van der Waals surface area contributed by atoms with E-state index in [0.717, 1.165) is 23.7 Å². The second-order valence-corrected chi connectivity index (χ2v) is 5.69. The number of anilines is 1. The number of nitrogens with zero attached hydrogens (tertiary/aromatic N) is 1. The van der Waals surface area contributed by atoms with Gasteiger partial charge in [-0.2, -0.15) is 0 Å². The molecule has 3 heteroatoms. The van der Waals surface area contributed by atoms with Crippen molar-refractivity contribution in [3.05, 3.63) is 29.8 Å². The molecule has 1 heterocycles. The Bertz CT molecular complexity index is 472. The number of hydrogen-bond donors (Lipinski definition) is 1. The minimum atomic E-state index is 0.208. The molecule has 2 fully saturated rings. The van der Waals surface area contributed by atoms with Crippen LogP contribution < -0.4 is 5.32 Å². The van der Waals surface area contributed by atoms with Gasteiger partial charge in [-0.3, -0.25) is 4.79 Å². The van der Waals surface area contributed by atoms with Crippen molar-refractivity contribution in [3.63, 3.8) is 0 Å². The molecule has 0 bridgehead atoms. The van der Waals surface area contributed by atoms with Crippen LogP contribution in [0.2, 0.25) is 0 Å². The van der Waals surface area contributed by atoms with Gasteiger partial charge >= 0.3 is 0 Å². The second kappa shape index (κ2) is 5.24. The lowest BCUT2D eigenvalue weighted by Crippen LogP contribution is -2.39. The van der Waals surface area contributed by atoms with E-state index >= 15 is 0 Å². The summed E-state index contributed by atoms with van der Waals surface area (Å²) in [4.78, 5) is 14.9. The van der Waals surface area contributed by atoms with Gasteiger partial charge in [-0.05, 0) is 37.3 Å². The first-order chi connectivity index (χ1) is 9.31. The summed E-state index contributed by atoms with van der Waals surface area (Å²) in [5.41, 5.74) is 1.75. The normalized spacial score (nSPS) is 26.1. The fraction of sp³-hybridized carbons (Fsp3) is 0.562. The van der Waals surface area contributed by atoms with E-state index in [2.05, 4.69) is 10.2 Å². The van der Waals surface area contributed by atoms with Crippen LogP contribution in [0.1, 0.15) is 42.5 Å². The summed E-state index contributed by atoms with van der Waals surface area (Å²) in [6, 6.07) is 8.32. The summed E-state index contributed by atoms with van der Waals surface area (Å²) >= 11 is 0. The Labute approximate surface area is 115 Å². The summed E-state index contributed by atoms with van der Waals surface area (Å²) in [5.74, 6) is 0.957. The fourth-order valence-electron chi connectivity index (χ4n) is 3.70. The lowest BCUT2D eigenvalue weighted by atomic mass is 9.85. The molecule has 1 amide bonds. The van der Waals surface area contributed by atoms with Crippen LogP contribution in [0.25, 0.3) is 0 Å². The number of benzene rings is 1. The van der Waals surface area contributed by atoms with E-state index in [1.54, 1.807) is 0 Å². The number of carbonyl (C=O) groups is 1. The number of fused-ring (bicyclic) bond motifs is 1. The van der Waals surface area contributed by atoms with Crippen molar-refractivity contribution < 1.29 is 4.79 Å². The lowest BCUT2D eigenvalue weighted by Gasteiger charge is -2.32. The molecule has 2 atom stereocenters. The molecule has 102 valence electrons. The molecule has 1 aliphatic heterocycles. The van der Waals surface area contributed by atoms with Gasteiger partial charge in [-0.25, -0.2) is 0 Å². The van der Waals surface area contributed by atoms with Gasteiger partial charge in [0.1, 0.15) is 0 Å². The molecule has 3 nitrogen and oxygen atoms in total. The second-order valence-electron chi connectivity index (χ2n) is 5.69. The van der Waals surface area contributed by atoms with Crippen molar-refractivity contribution in [2.75, 3.05) is 18.9 Å². The van der Waals surface area contributed by atoms with Crippen molar-refractivity contribution in [1.29, 1.82) is 0 Å². The number of carbonyl (C=O) groups excluding carboxylic acids is 1. The van der Waals surface area contributed by atoms with Crippen LogP contribution >= 0.6 is 0 Å². The van der Waals surface area contributed by atoms with Gasteiger partial charge in [-0.1, -0.05) is 25.0 Å². The highest BCUT2D eigenvalue weighted by Crippen LogP contribution is 2.37. The summed E-state index contributed by atoms with van der Waals surface area (Å²) in [7, 11) is 1.87. The van der Waals surface area contributed by atoms with Crippen LogP contribution in [0, 0.1) is 5.92 Å². The van der Waals surface area contributed by atoms with E-state index in [4.69, 9.17) is 0 Å². The van der Waals surface area contributed by atoms with Crippen molar-refractivity contribution in [1.82, 2.24) is 4.90 Å². The Morgan fingerprint density at radius 2 is 2.00 bits per heavy atom. The zero-order valence-corrected chi connectivity index (χ0v) is 11.6. The van der Waals surface area contributed by atoms with Gasteiger partial charge in [0.15, 0.2) is 0 Å². The highest BCUT2D eigenvalue weighted by molar-refractivity contribution is 5.99. The van der Waals surface area contributed by atoms with E-state index < -0.39 is 0 Å². The third kappa shape index (κ3) is 2.22. The Kier molecular flexibility index (Phi) is 3.45. The summed E-state index contributed by atoms with van der Waals surface area (Å²) in [6.45, 7) is 0.937. The standard InChI is InChI=1S/C16H22N2O/c1-17-14-8-4-3-7-13(14)16(19)18-11-10-12-6-2-5-9-15(12)18/h3-4,7-8,12,15,17H,2,5-6,9-11H2,1H3. The van der Waals surface area contributed by atoms with Crippen LogP contribution in [0.15, 0.2) is 24.3 Å². The van der Waals surface area contributed by atoms with Gasteiger partial charge in [0.05, 0.1) is 5.56 Å². The highest BCUT2D eigenvalue weighted by Gasteiger charge is 2.38. The quantitative estimate of drug-likeness (QED) is 0.884. The Morgan fingerprint density at radius 1 is 1.21 bits per heavy atom. The molecule has 0 spiro atoms. The molecule has 2 aliphatic rings. The van der Waals surface area contributed by atoms with Crippen molar-refractivity contribution >= 4 is 11.6 Å². The molecule has 3 rings (SSSR count). The third-order valence-corrected chi connectivity index (χ3v) is 4.70. The molecule has 0 aromatic heterocycles. The first-order valence-corrected chi connectivity index (χ1v) is 7.39. The van der Waals surface area contributed by atoms with Gasteiger partial charge in [0, 0.05) is 25.3 Å². The molecule has 1 saturated carbocycles. The van der Waals surface area contributed by atoms with Crippen LogP contribution in [0.4, 0.5) is 5.69 Å². The first kappa shape index (κ1) is 12.5. The minimum absolute atomic E-state index is 0.208. The predicted octanol–water partition coefficient (Wildman–Crippen LogP) is 3.13. The highest BCUT2D eigenvalue weighted by atomic mass is 16.2. The minimum Gasteiger partial charge on any atom is -0.387 e. The SMILES string of the molecule is CNc1ccccc1C(=O)N1CCC2CCCCC21. The molecule has 0 radical (unpaired) electrons. The third-order valence-electron chi connectivity index (χ3n) is 4.70. The van der Waals surface area contributed by atoms with Gasteiger partial charge < -0.3 is 10.2 Å². The van der Waals surface area contributed by atoms with Crippen molar-refractivity contribution in [2.24, 2.45) is 5.92 Å². The zero-order valence-electron chi connectivity index (χ0n) is 11.6. The average Bonchev–Trinajstić information content (AvgIpc) is 2.90. The number of amides is 1. The zero-order chi connectivity index (χ0) is 13.2. The van der Waals surface area contributed by atoms with Gasteiger partial charge in [0.2, 0.25) is 0 Å². The summed E-state index contributed by atoms with van der Waals surface area (Å²) < 4.78 is 0. The molecule has 1 saturated heterocycles. The molecule has 1 aromatic rings. The number of rotatable bonds is 2. The smallest absolute Gasteiger partial charge is 0.256 e. The van der Waals surface area contributed by atoms with E-state index in [1.165, 1.54) is 32.1 Å². The number of hydrogen-bond acceptors (Lipinski definition) is 2. The Hall–Kier alpha value is -1.51. The molecule has 1 aliphatic carbocycles. The van der Waals surface area contributed by atoms with Crippen LogP contribution in [0.3, 0.4) is 0 Å². The van der Waals surface area contributed by atoms with E-state index in [1.807, 2.05) is 31.3 Å². The Morgan fingerprint density at radius 3 is 2.84 bits per heavy atom. The van der Waals surface area contributed by atoms with Crippen LogP contribution in [-0.2, 0) is 0 Å². The topological polar surface area (TPSA) is 32.3 Å². The maximum absolute atomic E-state index is 12.8. The molecule has 1 aromatic carbocycles. The lowest BCUT2D eigenvalue weighted by molar-refractivity contribution is 0.0691. The van der Waals surface area contributed by atoms with E-state index in [-0.39, 0.29) is 5.91 Å². The molecular formula is C16H22N2O. The number of nitrogens with one attached hydrogen (secondary N) is 1.